The maximum Gasteiger partial charge on any atom is 0.146 e. The van der Waals surface area contributed by atoms with Crippen molar-refractivity contribution in [2.24, 2.45) is 5.73 Å². The van der Waals surface area contributed by atoms with Crippen LogP contribution in [0, 0.1) is 0 Å². The first-order chi connectivity index (χ1) is 8.69. The van der Waals surface area contributed by atoms with Gasteiger partial charge < -0.3 is 10.5 Å². The summed E-state index contributed by atoms with van der Waals surface area (Å²) in [5, 5.41) is 0. The molecule has 4 heteroatoms. The van der Waals surface area contributed by atoms with Gasteiger partial charge in [-0.05, 0) is 46.1 Å². The van der Waals surface area contributed by atoms with Crippen LogP contribution in [0.25, 0.3) is 0 Å². The van der Waals surface area contributed by atoms with Crippen LogP contribution in [0.5, 0.6) is 11.5 Å². The van der Waals surface area contributed by atoms with Gasteiger partial charge in [0.1, 0.15) is 11.5 Å². The monoisotopic (exact) mass is 306 g/mol. The Labute approximate surface area is 115 Å². The summed E-state index contributed by atoms with van der Waals surface area (Å²) in [5.74, 6) is 1.47. The Morgan fingerprint density at radius 1 is 1.28 bits per heavy atom. The van der Waals surface area contributed by atoms with Gasteiger partial charge in [0.25, 0.3) is 0 Å². The quantitative estimate of drug-likeness (QED) is 0.927. The van der Waals surface area contributed by atoms with E-state index in [4.69, 9.17) is 10.5 Å². The molecular weight excluding hydrogens is 292 g/mol. The van der Waals surface area contributed by atoms with E-state index in [1.807, 2.05) is 30.3 Å². The number of ether oxygens (including phenoxy) is 1. The first-order valence-corrected chi connectivity index (χ1v) is 6.62. The number of benzene rings is 1. The maximum absolute atomic E-state index is 6.01. The highest BCUT2D eigenvalue weighted by Gasteiger charge is 2.05. The van der Waals surface area contributed by atoms with E-state index in [0.29, 0.717) is 5.75 Å². The molecule has 0 aliphatic carbocycles. The summed E-state index contributed by atoms with van der Waals surface area (Å²) in [7, 11) is 0. The third kappa shape index (κ3) is 3.31. The van der Waals surface area contributed by atoms with Crippen molar-refractivity contribution >= 4 is 15.9 Å². The summed E-state index contributed by atoms with van der Waals surface area (Å²) in [5.41, 5.74) is 7.09. The Hall–Kier alpha value is -1.39. The Bertz CT molecular complexity index is 531. The standard InChI is InChI=1S/C14H15BrN2O/c1-2-14(16)10-4-3-5-12(6-10)18-13-7-11(15)8-17-9-13/h3-9,14H,2,16H2,1H3. The SMILES string of the molecule is CCC(N)c1cccc(Oc2cncc(Br)c2)c1. The number of pyridine rings is 1. The van der Waals surface area contributed by atoms with Crippen molar-refractivity contribution in [2.75, 3.05) is 0 Å². The molecule has 3 nitrogen and oxygen atoms in total. The van der Waals surface area contributed by atoms with Crippen LogP contribution in [-0.4, -0.2) is 4.98 Å². The molecule has 0 spiro atoms. The first kappa shape index (κ1) is 13.1. The highest BCUT2D eigenvalue weighted by atomic mass is 79.9. The molecule has 18 heavy (non-hydrogen) atoms. The molecule has 0 saturated carbocycles. The number of nitrogens with zero attached hydrogens (tertiary/aromatic N) is 1. The molecule has 0 saturated heterocycles. The first-order valence-electron chi connectivity index (χ1n) is 5.83. The molecule has 94 valence electrons. The molecule has 0 aliphatic rings. The van der Waals surface area contributed by atoms with E-state index in [2.05, 4.69) is 27.8 Å². The van der Waals surface area contributed by atoms with Crippen LogP contribution in [0.15, 0.2) is 47.2 Å². The largest absolute Gasteiger partial charge is 0.456 e. The maximum atomic E-state index is 6.01. The molecule has 1 atom stereocenters. The van der Waals surface area contributed by atoms with E-state index in [0.717, 1.165) is 22.2 Å². The minimum absolute atomic E-state index is 0.0502. The lowest BCUT2D eigenvalue weighted by atomic mass is 10.1. The van der Waals surface area contributed by atoms with E-state index in [1.54, 1.807) is 12.4 Å². The van der Waals surface area contributed by atoms with E-state index < -0.39 is 0 Å². The smallest absolute Gasteiger partial charge is 0.146 e. The highest BCUT2D eigenvalue weighted by molar-refractivity contribution is 9.10. The van der Waals surface area contributed by atoms with E-state index in [9.17, 15) is 0 Å². The van der Waals surface area contributed by atoms with Crippen molar-refractivity contribution in [3.63, 3.8) is 0 Å². The van der Waals surface area contributed by atoms with Crippen molar-refractivity contribution in [3.8, 4) is 11.5 Å². The van der Waals surface area contributed by atoms with E-state index >= 15 is 0 Å². The molecular formula is C14H15BrN2O. The summed E-state index contributed by atoms with van der Waals surface area (Å²) in [4.78, 5) is 4.06. The van der Waals surface area contributed by atoms with Crippen LogP contribution in [-0.2, 0) is 0 Å². The Morgan fingerprint density at radius 3 is 2.83 bits per heavy atom. The van der Waals surface area contributed by atoms with Crippen molar-refractivity contribution in [1.82, 2.24) is 4.98 Å². The molecule has 0 amide bonds. The topological polar surface area (TPSA) is 48.1 Å². The van der Waals surface area contributed by atoms with Gasteiger partial charge in [0.05, 0.1) is 6.20 Å². The van der Waals surface area contributed by atoms with Crippen LogP contribution in [0.1, 0.15) is 24.9 Å². The van der Waals surface area contributed by atoms with Gasteiger partial charge in [-0.1, -0.05) is 19.1 Å². The van der Waals surface area contributed by atoms with Crippen LogP contribution in [0.2, 0.25) is 0 Å². The second kappa shape index (κ2) is 5.98. The normalized spacial score (nSPS) is 12.2. The fourth-order valence-electron chi connectivity index (χ4n) is 1.63. The van der Waals surface area contributed by atoms with E-state index in [1.165, 1.54) is 0 Å². The summed E-state index contributed by atoms with van der Waals surface area (Å²) in [6.07, 6.45) is 4.30. The third-order valence-corrected chi connectivity index (χ3v) is 3.08. The zero-order chi connectivity index (χ0) is 13.0. The molecule has 1 aromatic carbocycles. The molecule has 0 aliphatic heterocycles. The fourth-order valence-corrected chi connectivity index (χ4v) is 1.97. The number of hydrogen-bond acceptors (Lipinski definition) is 3. The molecule has 2 aromatic rings. The number of hydrogen-bond donors (Lipinski definition) is 1. The summed E-state index contributed by atoms with van der Waals surface area (Å²) < 4.78 is 6.64. The van der Waals surface area contributed by atoms with Gasteiger partial charge in [0.15, 0.2) is 0 Å². The van der Waals surface area contributed by atoms with Gasteiger partial charge in [-0.2, -0.15) is 0 Å². The van der Waals surface area contributed by atoms with Gasteiger partial charge in [0, 0.05) is 16.7 Å². The minimum Gasteiger partial charge on any atom is -0.456 e. The van der Waals surface area contributed by atoms with Crippen molar-refractivity contribution < 1.29 is 4.74 Å². The molecule has 0 bridgehead atoms. The highest BCUT2D eigenvalue weighted by Crippen LogP contribution is 2.25. The molecule has 1 unspecified atom stereocenters. The van der Waals surface area contributed by atoms with Crippen molar-refractivity contribution in [3.05, 3.63) is 52.8 Å². The Balaban J connectivity index is 2.19. The van der Waals surface area contributed by atoms with Crippen LogP contribution in [0.3, 0.4) is 0 Å². The van der Waals surface area contributed by atoms with Gasteiger partial charge in [0.2, 0.25) is 0 Å². The second-order valence-corrected chi connectivity index (χ2v) is 4.94. The minimum atomic E-state index is 0.0502. The number of nitrogens with two attached hydrogens (primary N) is 1. The second-order valence-electron chi connectivity index (χ2n) is 4.03. The van der Waals surface area contributed by atoms with Crippen molar-refractivity contribution in [1.29, 1.82) is 0 Å². The van der Waals surface area contributed by atoms with Gasteiger partial charge >= 0.3 is 0 Å². The van der Waals surface area contributed by atoms with Gasteiger partial charge in [-0.15, -0.1) is 0 Å². The summed E-state index contributed by atoms with van der Waals surface area (Å²) in [6, 6.07) is 9.77. The molecule has 2 N–H and O–H groups in total. The predicted octanol–water partition coefficient (Wildman–Crippen LogP) is 4.05. The number of aromatic nitrogens is 1. The zero-order valence-corrected chi connectivity index (χ0v) is 11.7. The Kier molecular flexibility index (Phi) is 4.33. The van der Waals surface area contributed by atoms with Crippen molar-refractivity contribution in [2.45, 2.75) is 19.4 Å². The third-order valence-electron chi connectivity index (χ3n) is 2.64. The molecule has 2 rings (SSSR count). The Morgan fingerprint density at radius 2 is 2.11 bits per heavy atom. The summed E-state index contributed by atoms with van der Waals surface area (Å²) >= 11 is 3.36. The molecule has 1 heterocycles. The van der Waals surface area contributed by atoms with Crippen LogP contribution in [0.4, 0.5) is 0 Å². The number of rotatable bonds is 4. The average Bonchev–Trinajstić information content (AvgIpc) is 2.38. The molecule has 1 aromatic heterocycles. The van der Waals surface area contributed by atoms with E-state index in [-0.39, 0.29) is 6.04 Å². The lowest BCUT2D eigenvalue weighted by Crippen LogP contribution is -2.08. The number of halogens is 1. The van der Waals surface area contributed by atoms with Gasteiger partial charge in [-0.3, -0.25) is 4.98 Å². The van der Waals surface area contributed by atoms with Gasteiger partial charge in [-0.25, -0.2) is 0 Å². The average molecular weight is 307 g/mol. The zero-order valence-electron chi connectivity index (χ0n) is 10.1. The summed E-state index contributed by atoms with van der Waals surface area (Å²) in [6.45, 7) is 2.07. The predicted molar refractivity (Wildman–Crippen MR) is 75.7 cm³/mol. The lowest BCUT2D eigenvalue weighted by molar-refractivity contribution is 0.478. The van der Waals surface area contributed by atoms with Crippen LogP contribution < -0.4 is 10.5 Å². The fraction of sp³-hybridized carbons (Fsp3) is 0.214. The molecule has 0 fully saturated rings. The van der Waals surface area contributed by atoms with Crippen LogP contribution >= 0.6 is 15.9 Å². The lowest BCUT2D eigenvalue weighted by Gasteiger charge is -2.11. The molecule has 0 radical (unpaired) electrons.